The molecule has 2 aromatic rings. The Kier molecular flexibility index (Phi) is 3.78. The summed E-state index contributed by atoms with van der Waals surface area (Å²) < 4.78 is 4.91. The topological polar surface area (TPSA) is 87.5 Å². The van der Waals surface area contributed by atoms with E-state index in [-0.39, 0.29) is 17.6 Å². The number of aromatic nitrogens is 1. The van der Waals surface area contributed by atoms with Crippen molar-refractivity contribution in [3.05, 3.63) is 41.8 Å². The van der Waals surface area contributed by atoms with E-state index in [1.54, 1.807) is 25.1 Å². The van der Waals surface area contributed by atoms with Crippen LogP contribution >= 0.6 is 0 Å². The van der Waals surface area contributed by atoms with Crippen molar-refractivity contribution in [2.75, 3.05) is 29.9 Å². The molecule has 2 heterocycles. The standard InChI is InChI=1S/C15H16N4O3/c1-10-8-13(22-18-10)15(21)17-11-2-4-12(5-3-11)19-7-6-16-14(20)9-19/h2-5,8H,6-7,9H2,1H3,(H,16,20)(H,17,21). The molecule has 0 radical (unpaired) electrons. The number of benzene rings is 1. The molecule has 7 heteroatoms. The summed E-state index contributed by atoms with van der Waals surface area (Å²) in [6, 6.07) is 8.92. The van der Waals surface area contributed by atoms with Crippen molar-refractivity contribution >= 4 is 23.2 Å². The van der Waals surface area contributed by atoms with Crippen LogP contribution in [0.4, 0.5) is 11.4 Å². The third-order valence-corrected chi connectivity index (χ3v) is 3.38. The summed E-state index contributed by atoms with van der Waals surface area (Å²) in [7, 11) is 0. The number of carbonyl (C=O) groups is 2. The van der Waals surface area contributed by atoms with Crippen molar-refractivity contribution in [3.63, 3.8) is 0 Å². The molecule has 0 bridgehead atoms. The van der Waals surface area contributed by atoms with E-state index in [9.17, 15) is 9.59 Å². The Morgan fingerprint density at radius 1 is 1.36 bits per heavy atom. The highest BCUT2D eigenvalue weighted by Gasteiger charge is 2.16. The van der Waals surface area contributed by atoms with E-state index in [0.29, 0.717) is 24.5 Å². The summed E-state index contributed by atoms with van der Waals surface area (Å²) >= 11 is 0. The smallest absolute Gasteiger partial charge is 0.294 e. The lowest BCUT2D eigenvalue weighted by Gasteiger charge is -2.28. The lowest BCUT2D eigenvalue weighted by Crippen LogP contribution is -2.47. The summed E-state index contributed by atoms with van der Waals surface area (Å²) in [5.74, 6) is -0.149. The molecule has 0 atom stereocenters. The first kappa shape index (κ1) is 14.1. The van der Waals surface area contributed by atoms with Gasteiger partial charge in [0.1, 0.15) is 0 Å². The third kappa shape index (κ3) is 3.08. The van der Waals surface area contributed by atoms with Gasteiger partial charge in [0.2, 0.25) is 11.7 Å². The van der Waals surface area contributed by atoms with E-state index in [0.717, 1.165) is 12.2 Å². The zero-order chi connectivity index (χ0) is 15.5. The minimum absolute atomic E-state index is 0.0179. The van der Waals surface area contributed by atoms with Crippen LogP contribution in [0.1, 0.15) is 16.2 Å². The first-order chi connectivity index (χ1) is 10.6. The monoisotopic (exact) mass is 300 g/mol. The zero-order valence-electron chi connectivity index (χ0n) is 12.1. The van der Waals surface area contributed by atoms with Crippen molar-refractivity contribution in [3.8, 4) is 0 Å². The number of rotatable bonds is 3. The molecule has 7 nitrogen and oxygen atoms in total. The van der Waals surface area contributed by atoms with E-state index >= 15 is 0 Å². The van der Waals surface area contributed by atoms with Gasteiger partial charge >= 0.3 is 0 Å². The molecule has 1 aromatic heterocycles. The summed E-state index contributed by atoms with van der Waals surface area (Å²) in [4.78, 5) is 25.3. The summed E-state index contributed by atoms with van der Waals surface area (Å²) in [6.07, 6.45) is 0. The van der Waals surface area contributed by atoms with Crippen molar-refractivity contribution in [2.45, 2.75) is 6.92 Å². The van der Waals surface area contributed by atoms with Gasteiger partial charge in [-0.1, -0.05) is 5.16 Å². The van der Waals surface area contributed by atoms with E-state index in [1.165, 1.54) is 0 Å². The molecule has 1 aliphatic heterocycles. The molecular weight excluding hydrogens is 284 g/mol. The number of nitrogens with one attached hydrogen (secondary N) is 2. The molecule has 1 saturated heterocycles. The highest BCUT2D eigenvalue weighted by Crippen LogP contribution is 2.19. The second kappa shape index (κ2) is 5.88. The van der Waals surface area contributed by atoms with Crippen molar-refractivity contribution in [1.29, 1.82) is 0 Å². The Balaban J connectivity index is 1.66. The Hall–Kier alpha value is -2.83. The first-order valence-corrected chi connectivity index (χ1v) is 6.98. The zero-order valence-corrected chi connectivity index (χ0v) is 12.1. The van der Waals surface area contributed by atoms with Crippen LogP contribution in [0.3, 0.4) is 0 Å². The normalized spacial score (nSPS) is 14.6. The van der Waals surface area contributed by atoms with Gasteiger partial charge in [0.25, 0.3) is 5.91 Å². The van der Waals surface area contributed by atoms with Crippen LogP contribution in [-0.4, -0.2) is 36.6 Å². The minimum atomic E-state index is -0.342. The Bertz CT molecular complexity index is 693. The van der Waals surface area contributed by atoms with Gasteiger partial charge in [-0.2, -0.15) is 0 Å². The SMILES string of the molecule is Cc1cc(C(=O)Nc2ccc(N3CCNC(=O)C3)cc2)on1. The minimum Gasteiger partial charge on any atom is -0.360 e. The fourth-order valence-electron chi connectivity index (χ4n) is 2.28. The predicted octanol–water partition coefficient (Wildman–Crippen LogP) is 1.17. The number of nitrogens with zero attached hydrogens (tertiary/aromatic N) is 2. The van der Waals surface area contributed by atoms with Gasteiger partial charge in [-0.25, -0.2) is 0 Å². The van der Waals surface area contributed by atoms with Gasteiger partial charge in [0.15, 0.2) is 0 Å². The molecule has 0 saturated carbocycles. The molecule has 114 valence electrons. The first-order valence-electron chi connectivity index (χ1n) is 6.98. The van der Waals surface area contributed by atoms with Crippen molar-refractivity contribution < 1.29 is 14.1 Å². The Morgan fingerprint density at radius 2 is 2.14 bits per heavy atom. The predicted molar refractivity (Wildman–Crippen MR) is 80.9 cm³/mol. The number of amides is 2. The van der Waals surface area contributed by atoms with Crippen LogP contribution < -0.4 is 15.5 Å². The number of piperazine rings is 1. The molecule has 1 aliphatic rings. The van der Waals surface area contributed by atoms with Gasteiger partial charge in [-0.15, -0.1) is 0 Å². The molecule has 2 N–H and O–H groups in total. The quantitative estimate of drug-likeness (QED) is 0.888. The van der Waals surface area contributed by atoms with Gasteiger partial charge in [-0.3, -0.25) is 9.59 Å². The lowest BCUT2D eigenvalue weighted by molar-refractivity contribution is -0.120. The second-order valence-corrected chi connectivity index (χ2v) is 5.11. The van der Waals surface area contributed by atoms with E-state index in [4.69, 9.17) is 4.52 Å². The van der Waals surface area contributed by atoms with E-state index in [2.05, 4.69) is 15.8 Å². The average Bonchev–Trinajstić information content (AvgIpc) is 2.95. The van der Waals surface area contributed by atoms with Gasteiger partial charge in [-0.05, 0) is 31.2 Å². The highest BCUT2D eigenvalue weighted by atomic mass is 16.5. The van der Waals surface area contributed by atoms with Gasteiger partial charge < -0.3 is 20.1 Å². The van der Waals surface area contributed by atoms with Gasteiger partial charge in [0, 0.05) is 30.5 Å². The van der Waals surface area contributed by atoms with Crippen LogP contribution in [0.2, 0.25) is 0 Å². The summed E-state index contributed by atoms with van der Waals surface area (Å²) in [6.45, 7) is 3.52. The van der Waals surface area contributed by atoms with Crippen LogP contribution in [-0.2, 0) is 4.79 Å². The molecule has 1 aromatic carbocycles. The Morgan fingerprint density at radius 3 is 2.77 bits per heavy atom. The molecule has 0 aliphatic carbocycles. The van der Waals surface area contributed by atoms with Crippen molar-refractivity contribution in [2.24, 2.45) is 0 Å². The molecule has 0 unspecified atom stereocenters. The number of anilines is 2. The van der Waals surface area contributed by atoms with E-state index in [1.807, 2.05) is 17.0 Å². The number of hydrogen-bond donors (Lipinski definition) is 2. The summed E-state index contributed by atoms with van der Waals surface area (Å²) in [5, 5.41) is 9.21. The van der Waals surface area contributed by atoms with Crippen LogP contribution in [0.25, 0.3) is 0 Å². The van der Waals surface area contributed by atoms with E-state index < -0.39 is 0 Å². The van der Waals surface area contributed by atoms with Crippen molar-refractivity contribution in [1.82, 2.24) is 10.5 Å². The molecular formula is C15H16N4O3. The molecule has 1 fully saturated rings. The third-order valence-electron chi connectivity index (χ3n) is 3.38. The van der Waals surface area contributed by atoms with Crippen LogP contribution in [0, 0.1) is 6.92 Å². The number of hydrogen-bond acceptors (Lipinski definition) is 5. The molecule has 0 spiro atoms. The Labute approximate surface area is 127 Å². The van der Waals surface area contributed by atoms with Crippen LogP contribution in [0.5, 0.6) is 0 Å². The number of carbonyl (C=O) groups excluding carboxylic acids is 2. The number of aryl methyl sites for hydroxylation is 1. The fourth-order valence-corrected chi connectivity index (χ4v) is 2.28. The maximum atomic E-state index is 11.9. The maximum absolute atomic E-state index is 11.9. The largest absolute Gasteiger partial charge is 0.360 e. The maximum Gasteiger partial charge on any atom is 0.294 e. The van der Waals surface area contributed by atoms with Crippen LogP contribution in [0.15, 0.2) is 34.9 Å². The summed E-state index contributed by atoms with van der Waals surface area (Å²) in [5.41, 5.74) is 2.26. The highest BCUT2D eigenvalue weighted by molar-refractivity contribution is 6.02. The van der Waals surface area contributed by atoms with Gasteiger partial charge in [0.05, 0.1) is 12.2 Å². The fraction of sp³-hybridized carbons (Fsp3) is 0.267. The second-order valence-electron chi connectivity index (χ2n) is 5.11. The lowest BCUT2D eigenvalue weighted by atomic mass is 10.2. The molecule has 2 amide bonds. The molecule has 3 rings (SSSR count). The molecule has 22 heavy (non-hydrogen) atoms. The average molecular weight is 300 g/mol.